The molecule has 0 radical (unpaired) electrons. The number of aliphatic hydroxyl groups excluding tert-OH is 1. The first-order valence-corrected chi connectivity index (χ1v) is 4.79. The molecule has 0 fully saturated rings. The van der Waals surface area contributed by atoms with Crippen LogP contribution in [-0.2, 0) is 0 Å². The summed E-state index contributed by atoms with van der Waals surface area (Å²) in [7, 11) is -1.44. The Morgan fingerprint density at radius 2 is 1.79 bits per heavy atom. The molecular formula is C10H15BO3. The third-order valence-electron chi connectivity index (χ3n) is 2.18. The van der Waals surface area contributed by atoms with Crippen LogP contribution in [0.4, 0.5) is 0 Å². The first-order chi connectivity index (χ1) is 6.65. The molecule has 0 aromatic heterocycles. The third-order valence-corrected chi connectivity index (χ3v) is 2.18. The van der Waals surface area contributed by atoms with Crippen LogP contribution in [0.15, 0.2) is 24.3 Å². The number of aliphatic hydroxyl groups is 1. The van der Waals surface area contributed by atoms with E-state index in [0.717, 1.165) is 18.4 Å². The first kappa shape index (κ1) is 11.2. The van der Waals surface area contributed by atoms with Gasteiger partial charge in [-0.25, -0.2) is 0 Å². The Labute approximate surface area is 84.2 Å². The molecule has 14 heavy (non-hydrogen) atoms. The zero-order valence-electron chi connectivity index (χ0n) is 8.22. The summed E-state index contributed by atoms with van der Waals surface area (Å²) >= 11 is 0. The van der Waals surface area contributed by atoms with Crippen LogP contribution in [0.3, 0.4) is 0 Å². The minimum atomic E-state index is -1.44. The Morgan fingerprint density at radius 3 is 2.21 bits per heavy atom. The van der Waals surface area contributed by atoms with Crippen molar-refractivity contribution in [1.82, 2.24) is 0 Å². The molecule has 0 saturated heterocycles. The van der Waals surface area contributed by atoms with Gasteiger partial charge in [-0.2, -0.15) is 0 Å². The molecule has 1 rings (SSSR count). The van der Waals surface area contributed by atoms with Crippen LogP contribution in [0.1, 0.15) is 31.4 Å². The van der Waals surface area contributed by atoms with Gasteiger partial charge in [0.15, 0.2) is 0 Å². The summed E-state index contributed by atoms with van der Waals surface area (Å²) in [5.41, 5.74) is 1.26. The van der Waals surface area contributed by atoms with Gasteiger partial charge in [-0.3, -0.25) is 0 Å². The van der Waals surface area contributed by atoms with E-state index in [4.69, 9.17) is 10.0 Å². The van der Waals surface area contributed by atoms with Crippen molar-refractivity contribution in [2.45, 2.75) is 25.9 Å². The third kappa shape index (κ3) is 2.84. The van der Waals surface area contributed by atoms with Gasteiger partial charge in [0.25, 0.3) is 0 Å². The van der Waals surface area contributed by atoms with Gasteiger partial charge in [-0.15, -0.1) is 0 Å². The Bertz CT molecular complexity index is 271. The van der Waals surface area contributed by atoms with Crippen molar-refractivity contribution in [3.8, 4) is 0 Å². The molecule has 0 bridgehead atoms. The van der Waals surface area contributed by atoms with Crippen LogP contribution in [-0.4, -0.2) is 22.3 Å². The number of benzene rings is 1. The topological polar surface area (TPSA) is 60.7 Å². The van der Waals surface area contributed by atoms with E-state index in [1.807, 2.05) is 6.92 Å². The summed E-state index contributed by atoms with van der Waals surface area (Å²) < 4.78 is 0. The Hall–Kier alpha value is -0.835. The molecule has 0 aliphatic heterocycles. The van der Waals surface area contributed by atoms with E-state index in [-0.39, 0.29) is 0 Å². The second-order valence-corrected chi connectivity index (χ2v) is 3.34. The lowest BCUT2D eigenvalue weighted by molar-refractivity contribution is 0.166. The normalized spacial score (nSPS) is 12.6. The predicted molar refractivity (Wildman–Crippen MR) is 56.1 cm³/mol. The second kappa shape index (κ2) is 5.15. The highest BCUT2D eigenvalue weighted by atomic mass is 16.4. The maximum absolute atomic E-state index is 9.63. The molecule has 1 atom stereocenters. The van der Waals surface area contributed by atoms with Crippen LogP contribution >= 0.6 is 0 Å². The minimum absolute atomic E-state index is 0.442. The van der Waals surface area contributed by atoms with Crippen molar-refractivity contribution in [2.75, 3.05) is 0 Å². The van der Waals surface area contributed by atoms with Gasteiger partial charge in [0.2, 0.25) is 0 Å². The summed E-state index contributed by atoms with van der Waals surface area (Å²) in [6.45, 7) is 2.01. The van der Waals surface area contributed by atoms with E-state index < -0.39 is 13.2 Å². The fourth-order valence-electron chi connectivity index (χ4n) is 1.33. The maximum Gasteiger partial charge on any atom is 0.488 e. The van der Waals surface area contributed by atoms with Gasteiger partial charge in [-0.1, -0.05) is 37.6 Å². The lowest BCUT2D eigenvalue weighted by Crippen LogP contribution is -2.29. The predicted octanol–water partition coefficient (Wildman–Crippen LogP) is 0.200. The van der Waals surface area contributed by atoms with E-state index in [9.17, 15) is 5.11 Å². The molecule has 0 aliphatic rings. The van der Waals surface area contributed by atoms with Gasteiger partial charge in [-0.05, 0) is 17.4 Å². The largest absolute Gasteiger partial charge is 0.488 e. The summed E-state index contributed by atoms with van der Waals surface area (Å²) in [4.78, 5) is 0. The lowest BCUT2D eigenvalue weighted by atomic mass is 9.80. The van der Waals surface area contributed by atoms with Gasteiger partial charge < -0.3 is 15.2 Å². The van der Waals surface area contributed by atoms with Crippen molar-refractivity contribution >= 4 is 12.6 Å². The second-order valence-electron chi connectivity index (χ2n) is 3.34. The Balaban J connectivity index is 2.72. The highest BCUT2D eigenvalue weighted by molar-refractivity contribution is 6.58. The fraction of sp³-hybridized carbons (Fsp3) is 0.400. The molecule has 1 unspecified atom stereocenters. The zero-order chi connectivity index (χ0) is 10.6. The molecule has 1 aromatic rings. The average Bonchev–Trinajstić information content (AvgIpc) is 2.18. The molecule has 0 heterocycles. The molecule has 0 amide bonds. The van der Waals surface area contributed by atoms with E-state index in [1.54, 1.807) is 24.3 Å². The van der Waals surface area contributed by atoms with Crippen LogP contribution in [0.2, 0.25) is 0 Å². The van der Waals surface area contributed by atoms with Gasteiger partial charge >= 0.3 is 7.12 Å². The van der Waals surface area contributed by atoms with E-state index in [0.29, 0.717) is 5.46 Å². The van der Waals surface area contributed by atoms with E-state index in [1.165, 1.54) is 0 Å². The van der Waals surface area contributed by atoms with Gasteiger partial charge in [0, 0.05) is 0 Å². The highest BCUT2D eigenvalue weighted by Crippen LogP contribution is 2.16. The van der Waals surface area contributed by atoms with Crippen LogP contribution in [0.25, 0.3) is 0 Å². The van der Waals surface area contributed by atoms with Crippen LogP contribution in [0, 0.1) is 0 Å². The number of hydrogen-bond acceptors (Lipinski definition) is 3. The molecular weight excluding hydrogens is 179 g/mol. The summed E-state index contributed by atoms with van der Waals surface area (Å²) in [6, 6.07) is 6.65. The summed E-state index contributed by atoms with van der Waals surface area (Å²) in [6.07, 6.45) is 1.19. The van der Waals surface area contributed by atoms with Crippen molar-refractivity contribution in [3.05, 3.63) is 29.8 Å². The first-order valence-electron chi connectivity index (χ1n) is 4.79. The van der Waals surface area contributed by atoms with Crippen molar-refractivity contribution < 1.29 is 15.2 Å². The molecule has 0 aliphatic carbocycles. The SMILES string of the molecule is CCCC(O)c1ccc(B(O)O)cc1. The van der Waals surface area contributed by atoms with Crippen molar-refractivity contribution in [3.63, 3.8) is 0 Å². The highest BCUT2D eigenvalue weighted by Gasteiger charge is 2.11. The van der Waals surface area contributed by atoms with Crippen LogP contribution < -0.4 is 5.46 Å². The minimum Gasteiger partial charge on any atom is -0.423 e. The monoisotopic (exact) mass is 194 g/mol. The van der Waals surface area contributed by atoms with Gasteiger partial charge in [0.1, 0.15) is 0 Å². The number of rotatable bonds is 4. The molecule has 0 spiro atoms. The lowest BCUT2D eigenvalue weighted by Gasteiger charge is -2.09. The molecule has 4 heteroatoms. The average molecular weight is 194 g/mol. The quantitative estimate of drug-likeness (QED) is 0.600. The Kier molecular flexibility index (Phi) is 4.13. The summed E-state index contributed by atoms with van der Waals surface area (Å²) in [5.74, 6) is 0. The van der Waals surface area contributed by atoms with E-state index >= 15 is 0 Å². The smallest absolute Gasteiger partial charge is 0.423 e. The zero-order valence-corrected chi connectivity index (χ0v) is 8.22. The number of hydrogen-bond donors (Lipinski definition) is 3. The standard InChI is InChI=1S/C10H15BO3/c1-2-3-10(12)8-4-6-9(7-5-8)11(13)14/h4-7,10,12-14H,2-3H2,1H3. The molecule has 0 saturated carbocycles. The fourth-order valence-corrected chi connectivity index (χ4v) is 1.33. The summed E-state index contributed by atoms with van der Waals surface area (Å²) in [5, 5.41) is 27.3. The maximum atomic E-state index is 9.63. The van der Waals surface area contributed by atoms with Crippen molar-refractivity contribution in [2.24, 2.45) is 0 Å². The van der Waals surface area contributed by atoms with Crippen molar-refractivity contribution in [1.29, 1.82) is 0 Å². The molecule has 3 nitrogen and oxygen atoms in total. The van der Waals surface area contributed by atoms with Crippen LogP contribution in [0.5, 0.6) is 0 Å². The van der Waals surface area contributed by atoms with E-state index in [2.05, 4.69) is 0 Å². The molecule has 1 aromatic carbocycles. The van der Waals surface area contributed by atoms with Gasteiger partial charge in [0.05, 0.1) is 6.10 Å². The Morgan fingerprint density at radius 1 is 1.21 bits per heavy atom. The molecule has 76 valence electrons. The molecule has 3 N–H and O–H groups in total.